The number of nitrogens with zero attached hydrogens (tertiary/aromatic N) is 1. The summed E-state index contributed by atoms with van der Waals surface area (Å²) in [4.78, 5) is 4.44. The molecular formula is C18H22N2O. The van der Waals surface area contributed by atoms with Gasteiger partial charge in [-0.3, -0.25) is 4.98 Å². The minimum Gasteiger partial charge on any atom is -0.493 e. The number of pyridine rings is 1. The summed E-state index contributed by atoms with van der Waals surface area (Å²) in [6.45, 7) is 5.20. The van der Waals surface area contributed by atoms with Gasteiger partial charge in [0.1, 0.15) is 5.75 Å². The molecule has 1 aromatic heterocycles. The molecule has 1 aliphatic rings. The smallest absolute Gasteiger partial charge is 0.122 e. The summed E-state index contributed by atoms with van der Waals surface area (Å²) in [6, 6.07) is 13.2. The molecule has 0 spiro atoms. The Bertz CT molecular complexity index is 597. The Labute approximate surface area is 126 Å². The van der Waals surface area contributed by atoms with Crippen molar-refractivity contribution in [3.63, 3.8) is 0 Å². The molecule has 3 rings (SSSR count). The average molecular weight is 282 g/mol. The number of hydrogen-bond donors (Lipinski definition) is 1. The van der Waals surface area contributed by atoms with E-state index < -0.39 is 0 Å². The monoisotopic (exact) mass is 282 g/mol. The fourth-order valence-electron chi connectivity index (χ4n) is 2.89. The summed E-state index contributed by atoms with van der Waals surface area (Å²) < 4.78 is 5.59. The van der Waals surface area contributed by atoms with Gasteiger partial charge in [-0.15, -0.1) is 0 Å². The molecular weight excluding hydrogens is 260 g/mol. The first kappa shape index (κ1) is 14.1. The molecule has 0 saturated heterocycles. The molecule has 1 aromatic carbocycles. The van der Waals surface area contributed by atoms with Gasteiger partial charge in [-0.05, 0) is 42.7 Å². The van der Waals surface area contributed by atoms with Crippen LogP contribution in [0.25, 0.3) is 0 Å². The van der Waals surface area contributed by atoms with Crippen LogP contribution in [-0.4, -0.2) is 11.6 Å². The van der Waals surface area contributed by atoms with Crippen LogP contribution < -0.4 is 10.1 Å². The largest absolute Gasteiger partial charge is 0.493 e. The van der Waals surface area contributed by atoms with Crippen molar-refractivity contribution in [3.8, 4) is 5.75 Å². The zero-order valence-electron chi connectivity index (χ0n) is 12.7. The van der Waals surface area contributed by atoms with Crippen molar-refractivity contribution in [2.45, 2.75) is 38.8 Å². The van der Waals surface area contributed by atoms with Gasteiger partial charge in [0.2, 0.25) is 0 Å². The minimum atomic E-state index is 0.237. The molecule has 0 saturated carbocycles. The number of nitrogens with one attached hydrogen (secondary N) is 1. The zero-order chi connectivity index (χ0) is 14.7. The number of hydrogen-bond acceptors (Lipinski definition) is 3. The summed E-state index contributed by atoms with van der Waals surface area (Å²) in [5.41, 5.74) is 3.75. The number of ether oxygens (including phenoxy) is 1. The zero-order valence-corrected chi connectivity index (χ0v) is 12.7. The molecule has 2 aromatic rings. The second-order valence-electron chi connectivity index (χ2n) is 5.57. The Morgan fingerprint density at radius 2 is 2.19 bits per heavy atom. The molecule has 3 nitrogen and oxygen atoms in total. The van der Waals surface area contributed by atoms with E-state index in [1.807, 2.05) is 18.3 Å². The Hall–Kier alpha value is -1.87. The van der Waals surface area contributed by atoms with Crippen LogP contribution in [0.1, 0.15) is 49.2 Å². The van der Waals surface area contributed by atoms with Crippen LogP contribution in [0, 0.1) is 0 Å². The molecule has 0 aliphatic carbocycles. The lowest BCUT2D eigenvalue weighted by atomic mass is 9.99. The summed E-state index contributed by atoms with van der Waals surface area (Å²) in [5, 5.41) is 3.69. The number of benzene rings is 1. The maximum atomic E-state index is 5.59. The highest BCUT2D eigenvalue weighted by atomic mass is 16.5. The van der Waals surface area contributed by atoms with Crippen molar-refractivity contribution in [2.24, 2.45) is 0 Å². The normalized spacial score (nSPS) is 16.1. The van der Waals surface area contributed by atoms with Gasteiger partial charge in [0.15, 0.2) is 0 Å². The van der Waals surface area contributed by atoms with Crippen LogP contribution in [0.5, 0.6) is 5.75 Å². The fourth-order valence-corrected chi connectivity index (χ4v) is 2.89. The van der Waals surface area contributed by atoms with Crippen LogP contribution in [0.15, 0.2) is 42.6 Å². The van der Waals surface area contributed by atoms with E-state index in [0.29, 0.717) is 6.04 Å². The second-order valence-corrected chi connectivity index (χ2v) is 5.57. The Morgan fingerprint density at radius 1 is 1.29 bits per heavy atom. The Kier molecular flexibility index (Phi) is 4.20. The number of fused-ring (bicyclic) bond motifs is 1. The molecule has 3 heteroatoms. The molecule has 0 fully saturated rings. The van der Waals surface area contributed by atoms with E-state index in [-0.39, 0.29) is 6.04 Å². The summed E-state index contributed by atoms with van der Waals surface area (Å²) in [7, 11) is 0. The lowest BCUT2D eigenvalue weighted by Crippen LogP contribution is -2.24. The molecule has 0 radical (unpaired) electrons. The molecule has 2 heterocycles. The SMILES string of the molecule is CCC(N[C@H](C)c1ccccn1)c1ccc2c(c1)CCO2. The topological polar surface area (TPSA) is 34.2 Å². The van der Waals surface area contributed by atoms with Crippen molar-refractivity contribution >= 4 is 0 Å². The van der Waals surface area contributed by atoms with E-state index in [1.54, 1.807) is 0 Å². The van der Waals surface area contributed by atoms with Crippen LogP contribution in [-0.2, 0) is 6.42 Å². The van der Waals surface area contributed by atoms with E-state index in [2.05, 4.69) is 48.4 Å². The molecule has 110 valence electrons. The van der Waals surface area contributed by atoms with Crippen LogP contribution >= 0.6 is 0 Å². The lowest BCUT2D eigenvalue weighted by molar-refractivity contribution is 0.356. The van der Waals surface area contributed by atoms with E-state index in [0.717, 1.165) is 30.9 Å². The van der Waals surface area contributed by atoms with Gasteiger partial charge >= 0.3 is 0 Å². The number of rotatable bonds is 5. The van der Waals surface area contributed by atoms with Crippen LogP contribution in [0.4, 0.5) is 0 Å². The summed E-state index contributed by atoms with van der Waals surface area (Å²) in [6.07, 6.45) is 3.92. The van der Waals surface area contributed by atoms with Crippen molar-refractivity contribution in [3.05, 3.63) is 59.4 Å². The quantitative estimate of drug-likeness (QED) is 0.905. The van der Waals surface area contributed by atoms with Gasteiger partial charge < -0.3 is 10.1 Å². The Balaban J connectivity index is 1.76. The van der Waals surface area contributed by atoms with E-state index in [1.165, 1.54) is 11.1 Å². The molecule has 21 heavy (non-hydrogen) atoms. The van der Waals surface area contributed by atoms with E-state index >= 15 is 0 Å². The molecule has 0 bridgehead atoms. The molecule has 2 atom stereocenters. The highest BCUT2D eigenvalue weighted by Gasteiger charge is 2.18. The molecule has 1 N–H and O–H groups in total. The third-order valence-corrected chi connectivity index (χ3v) is 4.11. The average Bonchev–Trinajstić information content (AvgIpc) is 3.00. The fraction of sp³-hybridized carbons (Fsp3) is 0.389. The van der Waals surface area contributed by atoms with Crippen molar-refractivity contribution < 1.29 is 4.74 Å². The maximum Gasteiger partial charge on any atom is 0.122 e. The predicted octanol–water partition coefficient (Wildman–Crippen LogP) is 3.82. The first-order chi connectivity index (χ1) is 10.3. The molecule has 0 amide bonds. The van der Waals surface area contributed by atoms with Gasteiger partial charge in [0.25, 0.3) is 0 Å². The van der Waals surface area contributed by atoms with Crippen molar-refractivity contribution in [1.29, 1.82) is 0 Å². The first-order valence-electron chi connectivity index (χ1n) is 7.70. The third-order valence-electron chi connectivity index (χ3n) is 4.11. The van der Waals surface area contributed by atoms with Crippen LogP contribution in [0.2, 0.25) is 0 Å². The van der Waals surface area contributed by atoms with Gasteiger partial charge in [-0.25, -0.2) is 0 Å². The third kappa shape index (κ3) is 3.08. The molecule has 1 unspecified atom stereocenters. The van der Waals surface area contributed by atoms with Gasteiger partial charge in [-0.2, -0.15) is 0 Å². The van der Waals surface area contributed by atoms with Crippen molar-refractivity contribution in [1.82, 2.24) is 10.3 Å². The summed E-state index contributed by atoms with van der Waals surface area (Å²) in [5.74, 6) is 1.05. The highest BCUT2D eigenvalue weighted by Crippen LogP contribution is 2.30. The van der Waals surface area contributed by atoms with Gasteiger partial charge in [-0.1, -0.05) is 25.1 Å². The van der Waals surface area contributed by atoms with E-state index in [9.17, 15) is 0 Å². The predicted molar refractivity (Wildman–Crippen MR) is 84.5 cm³/mol. The van der Waals surface area contributed by atoms with Crippen LogP contribution in [0.3, 0.4) is 0 Å². The van der Waals surface area contributed by atoms with Gasteiger partial charge in [0.05, 0.1) is 12.3 Å². The standard InChI is InChI=1S/C18H22N2O/c1-3-16(20-13(2)17-6-4-5-10-19-17)14-7-8-18-15(12-14)9-11-21-18/h4-8,10,12-13,16,20H,3,9,11H2,1-2H3/t13-,16?/m1/s1. The van der Waals surface area contributed by atoms with Gasteiger partial charge in [0, 0.05) is 24.7 Å². The Morgan fingerprint density at radius 3 is 2.95 bits per heavy atom. The first-order valence-corrected chi connectivity index (χ1v) is 7.70. The maximum absolute atomic E-state index is 5.59. The lowest BCUT2D eigenvalue weighted by Gasteiger charge is -2.23. The second kappa shape index (κ2) is 6.27. The van der Waals surface area contributed by atoms with E-state index in [4.69, 9.17) is 4.74 Å². The molecule has 1 aliphatic heterocycles. The number of aromatic nitrogens is 1. The minimum absolute atomic E-state index is 0.237. The van der Waals surface area contributed by atoms with Crippen molar-refractivity contribution in [2.75, 3.05) is 6.61 Å². The summed E-state index contributed by atoms with van der Waals surface area (Å²) >= 11 is 0. The highest BCUT2D eigenvalue weighted by molar-refractivity contribution is 5.40.